The van der Waals surface area contributed by atoms with Crippen molar-refractivity contribution < 1.29 is 5.11 Å². The molecule has 0 amide bonds. The van der Waals surface area contributed by atoms with Crippen LogP contribution in [0, 0.1) is 22.7 Å². The van der Waals surface area contributed by atoms with Gasteiger partial charge in [-0.2, -0.15) is 10.5 Å². The second-order valence-corrected chi connectivity index (χ2v) is 4.21. The third kappa shape index (κ3) is 2.76. The SMILES string of the molecule is N#Cc1c(N)nc(NCCO)c(C#N)c1-c1ccccc1. The lowest BCUT2D eigenvalue weighted by Crippen LogP contribution is -2.11. The number of aliphatic hydroxyl groups is 1. The molecule has 6 nitrogen and oxygen atoms in total. The summed E-state index contributed by atoms with van der Waals surface area (Å²) in [6.07, 6.45) is 0. The molecule has 0 atom stereocenters. The van der Waals surface area contributed by atoms with E-state index in [2.05, 4.69) is 16.4 Å². The molecule has 2 aromatic rings. The van der Waals surface area contributed by atoms with E-state index >= 15 is 0 Å². The monoisotopic (exact) mass is 279 g/mol. The molecule has 6 heteroatoms. The van der Waals surface area contributed by atoms with Crippen molar-refractivity contribution >= 4 is 11.6 Å². The van der Waals surface area contributed by atoms with Gasteiger partial charge in [0, 0.05) is 12.1 Å². The molecule has 21 heavy (non-hydrogen) atoms. The number of nitrogens with zero attached hydrogens (tertiary/aromatic N) is 3. The van der Waals surface area contributed by atoms with Crippen molar-refractivity contribution in [1.82, 2.24) is 4.98 Å². The van der Waals surface area contributed by atoms with Gasteiger partial charge in [0.05, 0.1) is 6.61 Å². The zero-order valence-electron chi connectivity index (χ0n) is 11.2. The highest BCUT2D eigenvalue weighted by atomic mass is 16.3. The minimum atomic E-state index is -0.104. The second kappa shape index (κ2) is 6.38. The summed E-state index contributed by atoms with van der Waals surface area (Å²) in [6.45, 7) is 0.133. The van der Waals surface area contributed by atoms with Crippen LogP contribution in [0.25, 0.3) is 11.1 Å². The summed E-state index contributed by atoms with van der Waals surface area (Å²) in [6, 6.07) is 13.1. The van der Waals surface area contributed by atoms with Gasteiger partial charge in [0.25, 0.3) is 0 Å². The van der Waals surface area contributed by atoms with Crippen LogP contribution in [0.3, 0.4) is 0 Å². The van der Waals surface area contributed by atoms with E-state index in [1.54, 1.807) is 12.1 Å². The number of nitrogen functional groups attached to an aromatic ring is 1. The quantitative estimate of drug-likeness (QED) is 0.780. The summed E-state index contributed by atoms with van der Waals surface area (Å²) in [5.74, 6) is 0.317. The average molecular weight is 279 g/mol. The number of rotatable bonds is 4. The molecule has 0 spiro atoms. The number of aliphatic hydroxyl groups excluding tert-OH is 1. The Morgan fingerprint density at radius 3 is 2.38 bits per heavy atom. The molecule has 1 heterocycles. The molecular formula is C15H13N5O. The second-order valence-electron chi connectivity index (χ2n) is 4.21. The van der Waals surface area contributed by atoms with Crippen molar-refractivity contribution in [2.24, 2.45) is 0 Å². The van der Waals surface area contributed by atoms with Gasteiger partial charge in [0.1, 0.15) is 34.9 Å². The van der Waals surface area contributed by atoms with Gasteiger partial charge < -0.3 is 16.2 Å². The van der Waals surface area contributed by atoms with E-state index in [1.807, 2.05) is 24.3 Å². The maximum Gasteiger partial charge on any atom is 0.147 e. The fourth-order valence-electron chi connectivity index (χ4n) is 2.02. The molecular weight excluding hydrogens is 266 g/mol. The van der Waals surface area contributed by atoms with Gasteiger partial charge in [-0.3, -0.25) is 0 Å². The van der Waals surface area contributed by atoms with E-state index in [0.29, 0.717) is 11.1 Å². The normalized spacial score (nSPS) is 9.67. The fourth-order valence-corrected chi connectivity index (χ4v) is 2.02. The minimum absolute atomic E-state index is 0.0517. The highest BCUT2D eigenvalue weighted by Gasteiger charge is 2.19. The standard InChI is InChI=1S/C15H13N5O/c16-8-11-13(10-4-2-1-3-5-10)12(9-17)15(19-6-7-21)20-14(11)18/h1-5,21H,6-7H2,(H3,18,19,20). The first-order valence-electron chi connectivity index (χ1n) is 6.26. The number of aromatic nitrogens is 1. The molecule has 0 saturated heterocycles. The van der Waals surface area contributed by atoms with Crippen LogP contribution in [0.1, 0.15) is 11.1 Å². The van der Waals surface area contributed by atoms with Gasteiger partial charge >= 0.3 is 0 Å². The van der Waals surface area contributed by atoms with E-state index < -0.39 is 0 Å². The van der Waals surface area contributed by atoms with Crippen molar-refractivity contribution in [1.29, 1.82) is 10.5 Å². The van der Waals surface area contributed by atoms with Gasteiger partial charge in [0.2, 0.25) is 0 Å². The molecule has 0 unspecified atom stereocenters. The molecule has 4 N–H and O–H groups in total. The predicted molar refractivity (Wildman–Crippen MR) is 79.1 cm³/mol. The van der Waals surface area contributed by atoms with Crippen LogP contribution < -0.4 is 11.1 Å². The van der Waals surface area contributed by atoms with E-state index in [9.17, 15) is 10.5 Å². The highest BCUT2D eigenvalue weighted by Crippen LogP contribution is 2.33. The van der Waals surface area contributed by atoms with Crippen molar-refractivity contribution in [2.45, 2.75) is 0 Å². The van der Waals surface area contributed by atoms with E-state index in [-0.39, 0.29) is 35.9 Å². The molecule has 0 radical (unpaired) electrons. The van der Waals surface area contributed by atoms with Gasteiger partial charge in [-0.1, -0.05) is 30.3 Å². The Morgan fingerprint density at radius 2 is 1.81 bits per heavy atom. The Morgan fingerprint density at radius 1 is 1.14 bits per heavy atom. The topological polar surface area (TPSA) is 119 Å². The number of nitrogens with two attached hydrogens (primary N) is 1. The summed E-state index contributed by atoms with van der Waals surface area (Å²) in [5, 5.41) is 30.5. The lowest BCUT2D eigenvalue weighted by atomic mass is 9.96. The Kier molecular flexibility index (Phi) is 4.35. The van der Waals surface area contributed by atoms with Crippen LogP contribution in [0.4, 0.5) is 11.6 Å². The van der Waals surface area contributed by atoms with Crippen molar-refractivity contribution in [3.63, 3.8) is 0 Å². The van der Waals surface area contributed by atoms with Crippen LogP contribution in [0.5, 0.6) is 0 Å². The van der Waals surface area contributed by atoms with Crippen LogP contribution in [0.15, 0.2) is 30.3 Å². The average Bonchev–Trinajstić information content (AvgIpc) is 2.52. The smallest absolute Gasteiger partial charge is 0.147 e. The Labute approximate surface area is 122 Å². The Bertz CT molecular complexity index is 728. The molecule has 0 aliphatic carbocycles. The van der Waals surface area contributed by atoms with Crippen LogP contribution in [-0.4, -0.2) is 23.2 Å². The predicted octanol–water partition coefficient (Wildman–Crippen LogP) is 1.48. The first kappa shape index (κ1) is 14.3. The molecule has 0 aliphatic rings. The number of hydrogen-bond donors (Lipinski definition) is 3. The number of pyridine rings is 1. The number of nitrogens with one attached hydrogen (secondary N) is 1. The van der Waals surface area contributed by atoms with Crippen molar-refractivity contribution in [3.05, 3.63) is 41.5 Å². The van der Waals surface area contributed by atoms with Gasteiger partial charge in [0.15, 0.2) is 0 Å². The Hall–Kier alpha value is -3.09. The van der Waals surface area contributed by atoms with Crippen LogP contribution in [-0.2, 0) is 0 Å². The molecule has 0 fully saturated rings. The fraction of sp³-hybridized carbons (Fsp3) is 0.133. The lowest BCUT2D eigenvalue weighted by Gasteiger charge is -2.13. The molecule has 2 rings (SSSR count). The first-order chi connectivity index (χ1) is 10.2. The summed E-state index contributed by atoms with van der Waals surface area (Å²) < 4.78 is 0. The maximum absolute atomic E-state index is 9.43. The number of nitriles is 2. The Balaban J connectivity index is 2.74. The van der Waals surface area contributed by atoms with Gasteiger partial charge in [-0.25, -0.2) is 4.98 Å². The number of anilines is 2. The van der Waals surface area contributed by atoms with E-state index in [1.165, 1.54) is 0 Å². The van der Waals surface area contributed by atoms with Gasteiger partial charge in [-0.15, -0.1) is 0 Å². The third-order valence-electron chi connectivity index (χ3n) is 2.92. The maximum atomic E-state index is 9.43. The zero-order chi connectivity index (χ0) is 15.2. The molecule has 104 valence electrons. The minimum Gasteiger partial charge on any atom is -0.395 e. The molecule has 1 aromatic carbocycles. The highest BCUT2D eigenvalue weighted by molar-refractivity contribution is 5.84. The van der Waals surface area contributed by atoms with Gasteiger partial charge in [-0.05, 0) is 5.56 Å². The number of benzene rings is 1. The van der Waals surface area contributed by atoms with Crippen LogP contribution in [0.2, 0.25) is 0 Å². The molecule has 1 aromatic heterocycles. The van der Waals surface area contributed by atoms with Crippen LogP contribution >= 0.6 is 0 Å². The van der Waals surface area contributed by atoms with Crippen molar-refractivity contribution in [2.75, 3.05) is 24.2 Å². The lowest BCUT2D eigenvalue weighted by molar-refractivity contribution is 0.311. The van der Waals surface area contributed by atoms with E-state index in [0.717, 1.165) is 0 Å². The molecule has 0 aliphatic heterocycles. The van der Waals surface area contributed by atoms with E-state index in [4.69, 9.17) is 10.8 Å². The zero-order valence-corrected chi connectivity index (χ0v) is 11.2. The molecule has 0 bridgehead atoms. The third-order valence-corrected chi connectivity index (χ3v) is 2.92. The summed E-state index contributed by atoms with van der Waals surface area (Å²) in [5.41, 5.74) is 7.40. The molecule has 0 saturated carbocycles. The summed E-state index contributed by atoms with van der Waals surface area (Å²) in [7, 11) is 0. The van der Waals surface area contributed by atoms with Crippen molar-refractivity contribution in [3.8, 4) is 23.3 Å². The summed E-state index contributed by atoms with van der Waals surface area (Å²) >= 11 is 0. The summed E-state index contributed by atoms with van der Waals surface area (Å²) in [4.78, 5) is 4.05. The number of hydrogen-bond acceptors (Lipinski definition) is 6. The first-order valence-corrected chi connectivity index (χ1v) is 6.26. The largest absolute Gasteiger partial charge is 0.395 e.